The van der Waals surface area contributed by atoms with Crippen molar-refractivity contribution in [3.05, 3.63) is 112 Å². The zero-order valence-corrected chi connectivity index (χ0v) is 20.1. The van der Waals surface area contributed by atoms with Crippen LogP contribution in [0.2, 0.25) is 0 Å². The fourth-order valence-corrected chi connectivity index (χ4v) is 5.54. The minimum atomic E-state index is -0.349. The van der Waals surface area contributed by atoms with Crippen LogP contribution in [0.5, 0.6) is 5.75 Å². The zero-order chi connectivity index (χ0) is 22.3. The van der Waals surface area contributed by atoms with Gasteiger partial charge in [0, 0.05) is 28.1 Å². The summed E-state index contributed by atoms with van der Waals surface area (Å²) in [5.41, 5.74) is 9.33. The first-order chi connectivity index (χ1) is 15.6. The molecule has 32 heavy (non-hydrogen) atoms. The van der Waals surface area contributed by atoms with Crippen molar-refractivity contribution in [1.82, 2.24) is 0 Å². The maximum atomic E-state index is 6.35. The average molecular weight is 485 g/mol. The van der Waals surface area contributed by atoms with E-state index in [2.05, 4.69) is 109 Å². The lowest BCUT2D eigenvalue weighted by Gasteiger charge is -2.32. The van der Waals surface area contributed by atoms with Gasteiger partial charge in [-0.25, -0.2) is 0 Å². The van der Waals surface area contributed by atoms with Crippen molar-refractivity contribution in [3.8, 4) is 28.0 Å². The molecule has 0 bridgehead atoms. The highest BCUT2D eigenvalue weighted by molar-refractivity contribution is 9.10. The number of aryl methyl sites for hydroxylation is 1. The zero-order valence-electron chi connectivity index (χ0n) is 18.5. The first-order valence-corrected chi connectivity index (χ1v) is 11.6. The van der Waals surface area contributed by atoms with Crippen LogP contribution in [0.25, 0.3) is 22.3 Å². The quantitative estimate of drug-likeness (QED) is 0.269. The number of ether oxygens (including phenoxy) is 2. The Bertz CT molecular complexity index is 1260. The summed E-state index contributed by atoms with van der Waals surface area (Å²) in [5, 5.41) is 0. The molecule has 0 heterocycles. The lowest BCUT2D eigenvalue weighted by molar-refractivity contribution is 0.0504. The number of fused-ring (bicyclic) bond motifs is 3. The van der Waals surface area contributed by atoms with E-state index in [0.717, 1.165) is 26.9 Å². The van der Waals surface area contributed by atoms with Crippen LogP contribution >= 0.6 is 15.9 Å². The predicted molar refractivity (Wildman–Crippen MR) is 134 cm³/mol. The highest BCUT2D eigenvalue weighted by Gasteiger charge is 2.43. The lowest BCUT2D eigenvalue weighted by Crippen LogP contribution is -2.24. The summed E-state index contributed by atoms with van der Waals surface area (Å²) in [6, 6.07) is 30.2. The standard InChI is InChI=1S/C29H25BrO2/c1-19-16-23(22-12-6-9-15-27(22)30)28(32-18-31-3)26(17-19)29(2)24-13-7-4-10-20(24)21-11-5-8-14-25(21)29/h4-17H,18H2,1-3H3. The number of benzene rings is 4. The Morgan fingerprint density at radius 1 is 0.719 bits per heavy atom. The van der Waals surface area contributed by atoms with Gasteiger partial charge < -0.3 is 9.47 Å². The topological polar surface area (TPSA) is 18.5 Å². The van der Waals surface area contributed by atoms with Gasteiger partial charge in [0.1, 0.15) is 5.75 Å². The van der Waals surface area contributed by atoms with Gasteiger partial charge >= 0.3 is 0 Å². The molecule has 0 amide bonds. The van der Waals surface area contributed by atoms with Crippen molar-refractivity contribution in [2.24, 2.45) is 0 Å². The van der Waals surface area contributed by atoms with Crippen LogP contribution in [0.15, 0.2) is 89.4 Å². The third-order valence-electron chi connectivity index (χ3n) is 6.48. The lowest BCUT2D eigenvalue weighted by atomic mass is 9.72. The molecule has 1 aliphatic rings. The molecule has 0 aliphatic heterocycles. The first-order valence-electron chi connectivity index (χ1n) is 10.8. The van der Waals surface area contributed by atoms with Crippen molar-refractivity contribution < 1.29 is 9.47 Å². The maximum Gasteiger partial charge on any atom is 0.188 e. The second-order valence-corrected chi connectivity index (χ2v) is 9.29. The van der Waals surface area contributed by atoms with E-state index in [0.29, 0.717) is 0 Å². The third-order valence-corrected chi connectivity index (χ3v) is 7.17. The molecule has 5 rings (SSSR count). The molecule has 0 spiro atoms. The Kier molecular flexibility index (Phi) is 5.40. The molecule has 0 atom stereocenters. The van der Waals surface area contributed by atoms with E-state index >= 15 is 0 Å². The molecule has 0 aromatic heterocycles. The monoisotopic (exact) mass is 484 g/mol. The predicted octanol–water partition coefficient (Wildman–Crippen LogP) is 7.74. The third kappa shape index (κ3) is 3.19. The molecule has 0 saturated carbocycles. The first kappa shape index (κ1) is 21.0. The van der Waals surface area contributed by atoms with Gasteiger partial charge in [-0.15, -0.1) is 0 Å². The van der Waals surface area contributed by atoms with Crippen LogP contribution in [0.3, 0.4) is 0 Å². The molecular formula is C29H25BrO2. The molecular weight excluding hydrogens is 460 g/mol. The van der Waals surface area contributed by atoms with Crippen molar-refractivity contribution in [3.63, 3.8) is 0 Å². The average Bonchev–Trinajstić information content (AvgIpc) is 3.08. The van der Waals surface area contributed by atoms with Gasteiger partial charge in [-0.1, -0.05) is 88.7 Å². The van der Waals surface area contributed by atoms with E-state index in [1.165, 1.54) is 27.8 Å². The molecule has 2 nitrogen and oxygen atoms in total. The van der Waals surface area contributed by atoms with Gasteiger partial charge in [-0.05, 0) is 59.4 Å². The number of methoxy groups -OCH3 is 1. The van der Waals surface area contributed by atoms with Crippen LogP contribution in [0, 0.1) is 6.92 Å². The highest BCUT2D eigenvalue weighted by atomic mass is 79.9. The highest BCUT2D eigenvalue weighted by Crippen LogP contribution is 2.55. The summed E-state index contributed by atoms with van der Waals surface area (Å²) in [7, 11) is 1.66. The van der Waals surface area contributed by atoms with Crippen LogP contribution in [-0.2, 0) is 10.2 Å². The molecule has 1 aliphatic carbocycles. The van der Waals surface area contributed by atoms with Gasteiger partial charge in [0.2, 0.25) is 0 Å². The summed E-state index contributed by atoms with van der Waals surface area (Å²) in [4.78, 5) is 0. The number of hydrogen-bond acceptors (Lipinski definition) is 2. The Hall–Kier alpha value is -2.88. The number of halogens is 1. The Morgan fingerprint density at radius 2 is 1.28 bits per heavy atom. The van der Waals surface area contributed by atoms with Crippen LogP contribution in [-0.4, -0.2) is 13.9 Å². The van der Waals surface area contributed by atoms with Crippen LogP contribution in [0.4, 0.5) is 0 Å². The maximum absolute atomic E-state index is 6.35. The Balaban J connectivity index is 1.85. The van der Waals surface area contributed by atoms with E-state index in [1.54, 1.807) is 7.11 Å². The van der Waals surface area contributed by atoms with Gasteiger partial charge in [-0.3, -0.25) is 0 Å². The van der Waals surface area contributed by atoms with Crippen molar-refractivity contribution in [2.45, 2.75) is 19.3 Å². The SMILES string of the molecule is COCOc1c(-c2ccccc2Br)cc(C)cc1C1(C)c2ccccc2-c2ccccc21. The smallest absolute Gasteiger partial charge is 0.188 e. The molecule has 0 fully saturated rings. The number of hydrogen-bond donors (Lipinski definition) is 0. The molecule has 0 radical (unpaired) electrons. The van der Waals surface area contributed by atoms with Crippen LogP contribution in [0.1, 0.15) is 29.2 Å². The van der Waals surface area contributed by atoms with Gasteiger partial charge in [0.05, 0.1) is 0 Å². The normalized spacial score (nSPS) is 13.5. The molecule has 0 N–H and O–H groups in total. The summed E-state index contributed by atoms with van der Waals surface area (Å²) in [6.07, 6.45) is 0. The van der Waals surface area contributed by atoms with Crippen molar-refractivity contribution in [1.29, 1.82) is 0 Å². The van der Waals surface area contributed by atoms with E-state index in [9.17, 15) is 0 Å². The van der Waals surface area contributed by atoms with Crippen molar-refractivity contribution in [2.75, 3.05) is 13.9 Å². The fraction of sp³-hybridized carbons (Fsp3) is 0.172. The molecule has 3 heteroatoms. The molecule has 0 unspecified atom stereocenters. The molecule has 4 aromatic rings. The Morgan fingerprint density at radius 3 is 1.88 bits per heavy atom. The number of rotatable bonds is 5. The van der Waals surface area contributed by atoms with E-state index < -0.39 is 0 Å². The summed E-state index contributed by atoms with van der Waals surface area (Å²) in [6.45, 7) is 4.66. The minimum absolute atomic E-state index is 0.187. The summed E-state index contributed by atoms with van der Waals surface area (Å²) in [5.74, 6) is 0.860. The minimum Gasteiger partial charge on any atom is -0.467 e. The fourth-order valence-electron chi connectivity index (χ4n) is 5.04. The largest absolute Gasteiger partial charge is 0.467 e. The van der Waals surface area contributed by atoms with E-state index in [1.807, 2.05) is 6.07 Å². The van der Waals surface area contributed by atoms with Gasteiger partial charge in [0.25, 0.3) is 0 Å². The molecule has 4 aromatic carbocycles. The van der Waals surface area contributed by atoms with E-state index in [4.69, 9.17) is 9.47 Å². The van der Waals surface area contributed by atoms with Crippen molar-refractivity contribution >= 4 is 15.9 Å². The Labute approximate surface area is 198 Å². The second kappa shape index (κ2) is 8.23. The van der Waals surface area contributed by atoms with Crippen LogP contribution < -0.4 is 4.74 Å². The summed E-state index contributed by atoms with van der Waals surface area (Å²) >= 11 is 3.75. The second-order valence-electron chi connectivity index (χ2n) is 8.44. The van der Waals surface area contributed by atoms with E-state index in [-0.39, 0.29) is 12.2 Å². The molecule has 160 valence electrons. The summed E-state index contributed by atoms with van der Waals surface area (Å²) < 4.78 is 12.7. The van der Waals surface area contributed by atoms with Gasteiger partial charge in [0.15, 0.2) is 6.79 Å². The molecule has 0 saturated heterocycles. The van der Waals surface area contributed by atoms with Gasteiger partial charge in [-0.2, -0.15) is 0 Å².